The molecule has 3 heteroatoms. The molecule has 0 radical (unpaired) electrons. The number of hydrogen-bond acceptors (Lipinski definition) is 3. The van der Waals surface area contributed by atoms with Crippen LogP contribution in [-0.2, 0) is 0 Å². The highest BCUT2D eigenvalue weighted by Gasteiger charge is 2.34. The molecule has 2 N–H and O–H groups in total. The summed E-state index contributed by atoms with van der Waals surface area (Å²) >= 11 is 0. The van der Waals surface area contributed by atoms with Crippen LogP contribution in [0.15, 0.2) is 0 Å². The average Bonchev–Trinajstić information content (AvgIpc) is 2.49. The topological polar surface area (TPSA) is 32.5 Å². The lowest BCUT2D eigenvalue weighted by atomic mass is 9.88. The van der Waals surface area contributed by atoms with Crippen LogP contribution in [-0.4, -0.2) is 55.6 Å². The van der Waals surface area contributed by atoms with Gasteiger partial charge in [0, 0.05) is 12.1 Å². The molecular weight excluding hydrogens is 210 g/mol. The Bertz CT molecular complexity index is 218. The highest BCUT2D eigenvalue weighted by atomic mass is 15.2. The third kappa shape index (κ3) is 4.23. The molecule has 1 aliphatic rings. The lowest BCUT2D eigenvalue weighted by Gasteiger charge is -2.41. The summed E-state index contributed by atoms with van der Waals surface area (Å²) in [5.74, 6) is 0.778. The van der Waals surface area contributed by atoms with Crippen molar-refractivity contribution in [2.24, 2.45) is 11.7 Å². The molecule has 0 aromatic rings. The lowest BCUT2D eigenvalue weighted by molar-refractivity contribution is 0.102. The maximum absolute atomic E-state index is 6.10. The van der Waals surface area contributed by atoms with Crippen LogP contribution in [0, 0.1) is 5.92 Å². The first kappa shape index (κ1) is 14.9. The standard InChI is InChI=1S/C14H31N3/c1-13(2)6-10-17(4)14(12-15)7-5-9-16(3)11-8-14/h13H,5-12,15H2,1-4H3. The summed E-state index contributed by atoms with van der Waals surface area (Å²) < 4.78 is 0. The van der Waals surface area contributed by atoms with Gasteiger partial charge in [0.15, 0.2) is 0 Å². The van der Waals surface area contributed by atoms with E-state index in [1.807, 2.05) is 0 Å². The summed E-state index contributed by atoms with van der Waals surface area (Å²) in [6.07, 6.45) is 5.02. The maximum atomic E-state index is 6.10. The summed E-state index contributed by atoms with van der Waals surface area (Å²) in [6, 6.07) is 0. The molecule has 0 aromatic heterocycles. The minimum absolute atomic E-state index is 0.250. The normalized spacial score (nSPS) is 27.7. The molecule has 0 spiro atoms. The third-order valence-electron chi connectivity index (χ3n) is 4.37. The molecule has 1 aliphatic heterocycles. The first-order chi connectivity index (χ1) is 8.00. The fourth-order valence-corrected chi connectivity index (χ4v) is 2.74. The number of rotatable bonds is 5. The van der Waals surface area contributed by atoms with E-state index in [-0.39, 0.29) is 5.54 Å². The quantitative estimate of drug-likeness (QED) is 0.796. The maximum Gasteiger partial charge on any atom is 0.0341 e. The molecule has 3 nitrogen and oxygen atoms in total. The van der Waals surface area contributed by atoms with Gasteiger partial charge in [0.05, 0.1) is 0 Å². The molecule has 0 saturated carbocycles. The number of likely N-dealkylation sites (N-methyl/N-ethyl adjacent to an activating group) is 1. The molecule has 0 aliphatic carbocycles. The molecule has 1 atom stereocenters. The van der Waals surface area contributed by atoms with E-state index in [4.69, 9.17) is 5.73 Å². The SMILES string of the molecule is CC(C)CCN(C)C1(CN)CCCN(C)CC1. The van der Waals surface area contributed by atoms with Crippen molar-refractivity contribution in [2.45, 2.75) is 45.1 Å². The van der Waals surface area contributed by atoms with Gasteiger partial charge in [0.2, 0.25) is 0 Å². The second-order valence-electron chi connectivity index (χ2n) is 6.19. The van der Waals surface area contributed by atoms with E-state index in [9.17, 15) is 0 Å². The fraction of sp³-hybridized carbons (Fsp3) is 1.00. The fourth-order valence-electron chi connectivity index (χ4n) is 2.74. The zero-order valence-corrected chi connectivity index (χ0v) is 12.2. The third-order valence-corrected chi connectivity index (χ3v) is 4.37. The number of nitrogens with two attached hydrogens (primary N) is 1. The molecule has 1 saturated heterocycles. The van der Waals surface area contributed by atoms with Gasteiger partial charge in [0.1, 0.15) is 0 Å². The lowest BCUT2D eigenvalue weighted by Crippen LogP contribution is -2.53. The number of nitrogens with zero attached hydrogens (tertiary/aromatic N) is 2. The van der Waals surface area contributed by atoms with E-state index >= 15 is 0 Å². The zero-order valence-electron chi connectivity index (χ0n) is 12.2. The van der Waals surface area contributed by atoms with E-state index < -0.39 is 0 Å². The molecule has 1 fully saturated rings. The van der Waals surface area contributed by atoms with Gasteiger partial charge in [0.25, 0.3) is 0 Å². The Labute approximate surface area is 107 Å². The van der Waals surface area contributed by atoms with E-state index in [0.29, 0.717) is 0 Å². The smallest absolute Gasteiger partial charge is 0.0341 e. The van der Waals surface area contributed by atoms with Crippen LogP contribution in [0.3, 0.4) is 0 Å². The van der Waals surface area contributed by atoms with E-state index in [2.05, 4.69) is 37.7 Å². The Morgan fingerprint density at radius 1 is 1.29 bits per heavy atom. The van der Waals surface area contributed by atoms with Crippen LogP contribution in [0.5, 0.6) is 0 Å². The first-order valence-corrected chi connectivity index (χ1v) is 7.10. The first-order valence-electron chi connectivity index (χ1n) is 7.10. The summed E-state index contributed by atoms with van der Waals surface area (Å²) in [5, 5.41) is 0. The van der Waals surface area contributed by atoms with Gasteiger partial charge in [-0.3, -0.25) is 4.90 Å². The van der Waals surface area contributed by atoms with Gasteiger partial charge in [-0.15, -0.1) is 0 Å². The summed E-state index contributed by atoms with van der Waals surface area (Å²) in [7, 11) is 4.49. The molecule has 0 aromatic carbocycles. The Morgan fingerprint density at radius 2 is 2.00 bits per heavy atom. The summed E-state index contributed by atoms with van der Waals surface area (Å²) in [5.41, 5.74) is 6.35. The molecule has 0 amide bonds. The van der Waals surface area contributed by atoms with Crippen LogP contribution in [0.1, 0.15) is 39.5 Å². The van der Waals surface area contributed by atoms with Gasteiger partial charge < -0.3 is 10.6 Å². The Hall–Kier alpha value is -0.120. The highest BCUT2D eigenvalue weighted by molar-refractivity contribution is 4.93. The molecule has 102 valence electrons. The van der Waals surface area contributed by atoms with Crippen LogP contribution in [0.25, 0.3) is 0 Å². The molecular formula is C14H31N3. The van der Waals surface area contributed by atoms with Gasteiger partial charge in [-0.25, -0.2) is 0 Å². The number of likely N-dealkylation sites (tertiary alicyclic amines) is 1. The summed E-state index contributed by atoms with van der Waals surface area (Å²) in [6.45, 7) is 8.98. The van der Waals surface area contributed by atoms with Crippen molar-refractivity contribution < 1.29 is 0 Å². The Morgan fingerprint density at radius 3 is 2.59 bits per heavy atom. The van der Waals surface area contributed by atoms with Crippen molar-refractivity contribution in [2.75, 3.05) is 40.3 Å². The predicted octanol–water partition coefficient (Wildman–Crippen LogP) is 1.78. The number of hydrogen-bond donors (Lipinski definition) is 1. The molecule has 1 unspecified atom stereocenters. The molecule has 1 heterocycles. The van der Waals surface area contributed by atoms with Crippen molar-refractivity contribution in [3.63, 3.8) is 0 Å². The van der Waals surface area contributed by atoms with Gasteiger partial charge in [-0.1, -0.05) is 13.8 Å². The van der Waals surface area contributed by atoms with Crippen molar-refractivity contribution in [1.29, 1.82) is 0 Å². The van der Waals surface area contributed by atoms with E-state index in [0.717, 1.165) is 12.5 Å². The minimum atomic E-state index is 0.250. The molecule has 1 rings (SSSR count). The monoisotopic (exact) mass is 241 g/mol. The second-order valence-corrected chi connectivity index (χ2v) is 6.19. The Balaban J connectivity index is 2.59. The highest BCUT2D eigenvalue weighted by Crippen LogP contribution is 2.27. The van der Waals surface area contributed by atoms with Crippen molar-refractivity contribution >= 4 is 0 Å². The van der Waals surface area contributed by atoms with Crippen molar-refractivity contribution in [3.05, 3.63) is 0 Å². The molecule has 0 bridgehead atoms. The predicted molar refractivity (Wildman–Crippen MR) is 75.2 cm³/mol. The molecule has 17 heavy (non-hydrogen) atoms. The van der Waals surface area contributed by atoms with Crippen molar-refractivity contribution in [3.8, 4) is 0 Å². The largest absolute Gasteiger partial charge is 0.329 e. The zero-order chi connectivity index (χ0) is 12.9. The van der Waals surface area contributed by atoms with Crippen LogP contribution in [0.4, 0.5) is 0 Å². The van der Waals surface area contributed by atoms with E-state index in [1.54, 1.807) is 0 Å². The summed E-state index contributed by atoms with van der Waals surface area (Å²) in [4.78, 5) is 4.97. The van der Waals surface area contributed by atoms with Crippen LogP contribution < -0.4 is 5.73 Å². The van der Waals surface area contributed by atoms with Gasteiger partial charge >= 0.3 is 0 Å². The van der Waals surface area contributed by atoms with E-state index in [1.165, 1.54) is 45.3 Å². The van der Waals surface area contributed by atoms with Crippen LogP contribution >= 0.6 is 0 Å². The van der Waals surface area contributed by atoms with Crippen LogP contribution in [0.2, 0.25) is 0 Å². The van der Waals surface area contributed by atoms with Gasteiger partial charge in [-0.05, 0) is 65.3 Å². The van der Waals surface area contributed by atoms with Crippen molar-refractivity contribution in [1.82, 2.24) is 9.80 Å². The Kier molecular flexibility index (Phi) is 5.90. The minimum Gasteiger partial charge on any atom is -0.329 e. The second kappa shape index (κ2) is 6.72. The average molecular weight is 241 g/mol. The van der Waals surface area contributed by atoms with Gasteiger partial charge in [-0.2, -0.15) is 0 Å².